The zero-order valence-corrected chi connectivity index (χ0v) is 13.9. The third-order valence-corrected chi connectivity index (χ3v) is 4.12. The largest absolute Gasteiger partial charge is 0.481 e. The lowest BCUT2D eigenvalue weighted by atomic mass is 9.97. The van der Waals surface area contributed by atoms with Crippen LogP contribution in [0.25, 0.3) is 11.4 Å². The Morgan fingerprint density at radius 2 is 1.96 bits per heavy atom. The number of nitrogens with zero attached hydrogens (tertiary/aromatic N) is 3. The van der Waals surface area contributed by atoms with Gasteiger partial charge in [0, 0.05) is 10.6 Å². The Balaban J connectivity index is 0.00000192. The van der Waals surface area contributed by atoms with Gasteiger partial charge in [-0.05, 0) is 50.2 Å². The van der Waals surface area contributed by atoms with Crippen molar-refractivity contribution in [2.75, 3.05) is 13.1 Å². The van der Waals surface area contributed by atoms with E-state index in [4.69, 9.17) is 21.2 Å². The van der Waals surface area contributed by atoms with Gasteiger partial charge in [0.2, 0.25) is 11.7 Å². The molecule has 0 unspecified atom stereocenters. The Morgan fingerprint density at radius 1 is 1.30 bits per heavy atom. The fraction of sp³-hybridized carbons (Fsp3) is 0.400. The van der Waals surface area contributed by atoms with Crippen molar-refractivity contribution in [1.29, 1.82) is 0 Å². The zero-order valence-electron chi connectivity index (χ0n) is 12.3. The second-order valence-electron chi connectivity index (χ2n) is 5.41. The van der Waals surface area contributed by atoms with Gasteiger partial charge in [-0.1, -0.05) is 16.8 Å². The van der Waals surface area contributed by atoms with E-state index in [1.54, 1.807) is 12.1 Å². The highest BCUT2D eigenvalue weighted by atomic mass is 35.5. The highest BCUT2D eigenvalue weighted by molar-refractivity contribution is 6.30. The van der Waals surface area contributed by atoms with Gasteiger partial charge in [-0.3, -0.25) is 9.69 Å². The fourth-order valence-corrected chi connectivity index (χ4v) is 2.69. The van der Waals surface area contributed by atoms with Gasteiger partial charge >= 0.3 is 5.97 Å². The molecule has 2 heterocycles. The van der Waals surface area contributed by atoms with Crippen molar-refractivity contribution in [3.8, 4) is 11.4 Å². The van der Waals surface area contributed by atoms with Crippen LogP contribution in [0.1, 0.15) is 18.7 Å². The lowest BCUT2D eigenvalue weighted by Crippen LogP contribution is -2.35. The number of hydrogen-bond donors (Lipinski definition) is 1. The Morgan fingerprint density at radius 3 is 2.57 bits per heavy atom. The highest BCUT2D eigenvalue weighted by Crippen LogP contribution is 2.21. The van der Waals surface area contributed by atoms with E-state index in [1.165, 1.54) is 0 Å². The standard InChI is InChI=1S/C15H16ClN3O3.ClH/c16-12-3-1-10(2-4-12)14-17-13(22-18-14)9-19-7-5-11(6-8-19)15(20)21;/h1-4,11H,5-9H2,(H,20,21);1H. The quantitative estimate of drug-likeness (QED) is 0.905. The number of hydrogen-bond acceptors (Lipinski definition) is 5. The van der Waals surface area contributed by atoms with E-state index >= 15 is 0 Å². The van der Waals surface area contributed by atoms with Gasteiger partial charge in [0.1, 0.15) is 0 Å². The number of carbonyl (C=O) groups is 1. The summed E-state index contributed by atoms with van der Waals surface area (Å²) in [6, 6.07) is 7.25. The minimum Gasteiger partial charge on any atom is -0.481 e. The molecule has 0 spiro atoms. The van der Waals surface area contributed by atoms with Crippen LogP contribution in [0.2, 0.25) is 5.02 Å². The maximum absolute atomic E-state index is 10.9. The van der Waals surface area contributed by atoms with Crippen LogP contribution in [-0.4, -0.2) is 39.2 Å². The molecule has 0 bridgehead atoms. The Bertz CT molecular complexity index is 652. The molecule has 3 rings (SSSR count). The van der Waals surface area contributed by atoms with Crippen molar-refractivity contribution >= 4 is 30.0 Å². The summed E-state index contributed by atoms with van der Waals surface area (Å²) in [6.07, 6.45) is 1.32. The number of carboxylic acid groups (broad SMARTS) is 1. The maximum atomic E-state index is 10.9. The molecule has 1 saturated heterocycles. The van der Waals surface area contributed by atoms with Crippen LogP contribution in [0.4, 0.5) is 0 Å². The number of piperidine rings is 1. The lowest BCUT2D eigenvalue weighted by Gasteiger charge is -2.28. The van der Waals surface area contributed by atoms with Crippen molar-refractivity contribution in [2.24, 2.45) is 5.92 Å². The number of halogens is 2. The molecule has 8 heteroatoms. The molecule has 1 aliphatic rings. The molecule has 0 atom stereocenters. The topological polar surface area (TPSA) is 79.5 Å². The summed E-state index contributed by atoms with van der Waals surface area (Å²) in [7, 11) is 0. The molecule has 124 valence electrons. The summed E-state index contributed by atoms with van der Waals surface area (Å²) in [5.74, 6) is 0.136. The second kappa shape index (κ2) is 7.77. The number of likely N-dealkylation sites (tertiary alicyclic amines) is 1. The molecule has 0 aliphatic carbocycles. The Hall–Kier alpha value is -1.63. The summed E-state index contributed by atoms with van der Waals surface area (Å²) in [5.41, 5.74) is 0.851. The summed E-state index contributed by atoms with van der Waals surface area (Å²) in [5, 5.41) is 13.6. The number of carboxylic acids is 1. The molecule has 1 aliphatic heterocycles. The van der Waals surface area contributed by atoms with Gasteiger partial charge in [-0.15, -0.1) is 12.4 Å². The number of aliphatic carboxylic acids is 1. The normalized spacial score (nSPS) is 16.0. The molecule has 23 heavy (non-hydrogen) atoms. The van der Waals surface area contributed by atoms with Crippen LogP contribution >= 0.6 is 24.0 Å². The van der Waals surface area contributed by atoms with Crippen LogP contribution < -0.4 is 0 Å². The van der Waals surface area contributed by atoms with Crippen LogP contribution in [0.3, 0.4) is 0 Å². The van der Waals surface area contributed by atoms with Crippen molar-refractivity contribution in [2.45, 2.75) is 19.4 Å². The fourth-order valence-electron chi connectivity index (χ4n) is 2.56. The van der Waals surface area contributed by atoms with Crippen LogP contribution in [0, 0.1) is 5.92 Å². The molecule has 2 aromatic rings. The third-order valence-electron chi connectivity index (χ3n) is 3.87. The Labute approximate surface area is 144 Å². The van der Waals surface area contributed by atoms with Crippen molar-refractivity contribution < 1.29 is 14.4 Å². The summed E-state index contributed by atoms with van der Waals surface area (Å²) in [6.45, 7) is 2.01. The van der Waals surface area contributed by atoms with Gasteiger partial charge in [0.15, 0.2) is 0 Å². The van der Waals surface area contributed by atoms with E-state index in [1.807, 2.05) is 12.1 Å². The average Bonchev–Trinajstić information content (AvgIpc) is 2.97. The first kappa shape index (κ1) is 17.7. The number of rotatable bonds is 4. The van der Waals surface area contributed by atoms with E-state index in [9.17, 15) is 4.79 Å². The van der Waals surface area contributed by atoms with E-state index < -0.39 is 5.97 Å². The summed E-state index contributed by atoms with van der Waals surface area (Å²) in [4.78, 5) is 17.5. The molecule has 0 amide bonds. The summed E-state index contributed by atoms with van der Waals surface area (Å²) < 4.78 is 5.27. The van der Waals surface area contributed by atoms with Crippen LogP contribution in [0.15, 0.2) is 28.8 Å². The van der Waals surface area contributed by atoms with E-state index in [0.717, 1.165) is 18.7 Å². The van der Waals surface area contributed by atoms with Gasteiger partial charge in [-0.25, -0.2) is 0 Å². The first-order chi connectivity index (χ1) is 10.6. The smallest absolute Gasteiger partial charge is 0.306 e. The monoisotopic (exact) mass is 357 g/mol. The molecular weight excluding hydrogens is 341 g/mol. The van der Waals surface area contributed by atoms with Crippen LogP contribution in [-0.2, 0) is 11.3 Å². The van der Waals surface area contributed by atoms with E-state index in [2.05, 4.69) is 15.0 Å². The molecule has 0 radical (unpaired) electrons. The molecule has 1 N–H and O–H groups in total. The maximum Gasteiger partial charge on any atom is 0.306 e. The van der Waals surface area contributed by atoms with Gasteiger partial charge in [0.25, 0.3) is 0 Å². The Kier molecular flexibility index (Phi) is 5.98. The molecule has 0 saturated carbocycles. The first-order valence-corrected chi connectivity index (χ1v) is 7.53. The molecule has 1 aromatic heterocycles. The van der Waals surface area contributed by atoms with Crippen LogP contribution in [0.5, 0.6) is 0 Å². The predicted octanol–water partition coefficient (Wildman–Crippen LogP) is 3.11. The minimum absolute atomic E-state index is 0. The van der Waals surface area contributed by atoms with Crippen molar-refractivity contribution in [3.05, 3.63) is 35.2 Å². The van der Waals surface area contributed by atoms with Gasteiger partial charge < -0.3 is 9.63 Å². The van der Waals surface area contributed by atoms with Gasteiger partial charge in [0.05, 0.1) is 12.5 Å². The number of aromatic nitrogens is 2. The molecular formula is C15H17Cl2N3O3. The third kappa shape index (κ3) is 4.43. The van der Waals surface area contributed by atoms with E-state index in [0.29, 0.717) is 36.1 Å². The molecule has 1 aromatic carbocycles. The average molecular weight is 358 g/mol. The summed E-state index contributed by atoms with van der Waals surface area (Å²) >= 11 is 5.85. The highest BCUT2D eigenvalue weighted by Gasteiger charge is 2.25. The lowest BCUT2D eigenvalue weighted by molar-refractivity contribution is -0.143. The minimum atomic E-state index is -0.706. The zero-order chi connectivity index (χ0) is 15.5. The first-order valence-electron chi connectivity index (χ1n) is 7.15. The second-order valence-corrected chi connectivity index (χ2v) is 5.84. The van der Waals surface area contributed by atoms with Crippen molar-refractivity contribution in [3.63, 3.8) is 0 Å². The number of benzene rings is 1. The van der Waals surface area contributed by atoms with E-state index in [-0.39, 0.29) is 18.3 Å². The molecule has 1 fully saturated rings. The van der Waals surface area contributed by atoms with Gasteiger partial charge in [-0.2, -0.15) is 4.98 Å². The SMILES string of the molecule is Cl.O=C(O)C1CCN(Cc2nc(-c3ccc(Cl)cc3)no2)CC1. The van der Waals surface area contributed by atoms with Crippen molar-refractivity contribution in [1.82, 2.24) is 15.0 Å². The predicted molar refractivity (Wildman–Crippen MR) is 87.6 cm³/mol. The molecule has 6 nitrogen and oxygen atoms in total.